The first-order chi connectivity index (χ1) is 9.67. The molecule has 0 aliphatic rings. The van der Waals surface area contributed by atoms with Crippen LogP contribution in [-0.2, 0) is 6.42 Å². The standard InChI is InChI=1S/C15H16ClN3S/c1-2-11-4-3-5-14(10-11)17-15(20)19-18-13-8-6-12(16)7-9-13/h3-10,18H,2H2,1H3,(H2,17,19,20). The Morgan fingerprint density at radius 3 is 2.55 bits per heavy atom. The molecule has 0 aliphatic heterocycles. The second-order valence-corrected chi connectivity index (χ2v) is 5.11. The zero-order valence-corrected chi connectivity index (χ0v) is 12.7. The van der Waals surface area contributed by atoms with Gasteiger partial charge in [0.15, 0.2) is 5.11 Å². The molecule has 0 amide bonds. The fraction of sp³-hybridized carbons (Fsp3) is 0.133. The Morgan fingerprint density at radius 1 is 1.10 bits per heavy atom. The lowest BCUT2D eigenvalue weighted by atomic mass is 10.1. The van der Waals surface area contributed by atoms with Crippen molar-refractivity contribution >= 4 is 40.3 Å². The number of aryl methyl sites for hydroxylation is 1. The number of hydrogen-bond donors (Lipinski definition) is 3. The first-order valence-corrected chi connectivity index (χ1v) is 7.13. The van der Waals surface area contributed by atoms with Crippen LogP contribution in [0.1, 0.15) is 12.5 Å². The molecule has 0 fully saturated rings. The van der Waals surface area contributed by atoms with Crippen LogP contribution in [0.2, 0.25) is 5.02 Å². The first-order valence-electron chi connectivity index (χ1n) is 6.35. The van der Waals surface area contributed by atoms with E-state index in [1.165, 1.54) is 5.56 Å². The van der Waals surface area contributed by atoms with Crippen molar-refractivity contribution in [3.63, 3.8) is 0 Å². The zero-order valence-electron chi connectivity index (χ0n) is 11.1. The van der Waals surface area contributed by atoms with Gasteiger partial charge in [-0.2, -0.15) is 0 Å². The third-order valence-corrected chi connectivity index (χ3v) is 3.21. The highest BCUT2D eigenvalue weighted by Crippen LogP contribution is 2.13. The van der Waals surface area contributed by atoms with Gasteiger partial charge in [-0.15, -0.1) is 0 Å². The molecule has 5 heteroatoms. The molecule has 0 aromatic heterocycles. The van der Waals surface area contributed by atoms with E-state index < -0.39 is 0 Å². The minimum Gasteiger partial charge on any atom is -0.331 e. The number of hydrogen-bond acceptors (Lipinski definition) is 2. The van der Waals surface area contributed by atoms with E-state index in [0.717, 1.165) is 17.8 Å². The quantitative estimate of drug-likeness (QED) is 0.584. The van der Waals surface area contributed by atoms with Gasteiger partial charge in [-0.1, -0.05) is 30.7 Å². The van der Waals surface area contributed by atoms with Gasteiger partial charge in [0.25, 0.3) is 0 Å². The Hall–Kier alpha value is -1.78. The molecule has 2 aromatic rings. The predicted molar refractivity (Wildman–Crippen MR) is 90.3 cm³/mol. The number of halogens is 1. The van der Waals surface area contributed by atoms with E-state index in [9.17, 15) is 0 Å². The van der Waals surface area contributed by atoms with Gasteiger partial charge >= 0.3 is 0 Å². The summed E-state index contributed by atoms with van der Waals surface area (Å²) < 4.78 is 0. The van der Waals surface area contributed by atoms with Crippen molar-refractivity contribution in [1.29, 1.82) is 0 Å². The van der Waals surface area contributed by atoms with Gasteiger partial charge < -0.3 is 5.32 Å². The lowest BCUT2D eigenvalue weighted by molar-refractivity contribution is 1.13. The molecule has 0 aliphatic carbocycles. The molecule has 2 aromatic carbocycles. The van der Waals surface area contributed by atoms with Crippen LogP contribution < -0.4 is 16.2 Å². The predicted octanol–water partition coefficient (Wildman–Crippen LogP) is 4.22. The summed E-state index contributed by atoms with van der Waals surface area (Å²) in [6, 6.07) is 15.5. The lowest BCUT2D eigenvalue weighted by Crippen LogP contribution is -2.33. The molecule has 0 heterocycles. The molecular weight excluding hydrogens is 290 g/mol. The Balaban J connectivity index is 1.87. The summed E-state index contributed by atoms with van der Waals surface area (Å²) in [5, 5.41) is 4.34. The van der Waals surface area contributed by atoms with Crippen LogP contribution in [0.4, 0.5) is 11.4 Å². The third kappa shape index (κ3) is 4.40. The normalized spacial score (nSPS) is 9.90. The summed E-state index contributed by atoms with van der Waals surface area (Å²) in [7, 11) is 0. The van der Waals surface area contributed by atoms with Crippen LogP contribution in [0, 0.1) is 0 Å². The van der Waals surface area contributed by atoms with Crippen molar-refractivity contribution in [2.45, 2.75) is 13.3 Å². The topological polar surface area (TPSA) is 36.1 Å². The van der Waals surface area contributed by atoms with Crippen LogP contribution in [0.15, 0.2) is 48.5 Å². The summed E-state index contributed by atoms with van der Waals surface area (Å²) in [5.41, 5.74) is 9.07. The van der Waals surface area contributed by atoms with Gasteiger partial charge in [-0.25, -0.2) is 0 Å². The number of anilines is 2. The van der Waals surface area contributed by atoms with Gasteiger partial charge in [0, 0.05) is 10.7 Å². The first kappa shape index (κ1) is 14.6. The Kier molecular flexibility index (Phi) is 5.21. The fourth-order valence-electron chi connectivity index (χ4n) is 1.69. The Bertz CT molecular complexity index is 584. The maximum absolute atomic E-state index is 5.82. The molecule has 0 saturated heterocycles. The molecule has 0 radical (unpaired) electrons. The van der Waals surface area contributed by atoms with E-state index in [0.29, 0.717) is 10.1 Å². The van der Waals surface area contributed by atoms with Crippen molar-refractivity contribution in [1.82, 2.24) is 5.43 Å². The summed E-state index contributed by atoms with van der Waals surface area (Å²) in [4.78, 5) is 0. The van der Waals surface area contributed by atoms with Gasteiger partial charge in [-0.3, -0.25) is 10.9 Å². The molecule has 0 atom stereocenters. The third-order valence-electron chi connectivity index (χ3n) is 2.76. The Morgan fingerprint density at radius 2 is 1.85 bits per heavy atom. The van der Waals surface area contributed by atoms with Crippen molar-refractivity contribution in [3.05, 3.63) is 59.1 Å². The number of thiocarbonyl (C=S) groups is 1. The minimum atomic E-state index is 0.508. The van der Waals surface area contributed by atoms with Crippen molar-refractivity contribution < 1.29 is 0 Å². The van der Waals surface area contributed by atoms with Crippen LogP contribution in [0.5, 0.6) is 0 Å². The van der Waals surface area contributed by atoms with E-state index in [4.69, 9.17) is 23.8 Å². The van der Waals surface area contributed by atoms with E-state index in [1.54, 1.807) is 0 Å². The van der Waals surface area contributed by atoms with Crippen molar-refractivity contribution in [2.75, 3.05) is 10.7 Å². The number of benzene rings is 2. The fourth-order valence-corrected chi connectivity index (χ4v) is 1.99. The van der Waals surface area contributed by atoms with Crippen LogP contribution in [0.25, 0.3) is 0 Å². The molecule has 0 spiro atoms. The van der Waals surface area contributed by atoms with Crippen LogP contribution in [-0.4, -0.2) is 5.11 Å². The number of hydrazine groups is 1. The van der Waals surface area contributed by atoms with Crippen molar-refractivity contribution in [3.8, 4) is 0 Å². The highest BCUT2D eigenvalue weighted by molar-refractivity contribution is 7.80. The lowest BCUT2D eigenvalue weighted by Gasteiger charge is -2.13. The highest BCUT2D eigenvalue weighted by Gasteiger charge is 1.98. The molecular formula is C15H16ClN3S. The monoisotopic (exact) mass is 305 g/mol. The van der Waals surface area contributed by atoms with E-state index in [2.05, 4.69) is 35.2 Å². The smallest absolute Gasteiger partial charge is 0.189 e. The molecule has 0 unspecified atom stereocenters. The summed E-state index contributed by atoms with van der Waals surface area (Å²) in [6.45, 7) is 2.12. The average Bonchev–Trinajstić information content (AvgIpc) is 2.47. The molecule has 0 bridgehead atoms. The molecule has 0 saturated carbocycles. The zero-order chi connectivity index (χ0) is 14.4. The van der Waals surface area contributed by atoms with Crippen molar-refractivity contribution in [2.24, 2.45) is 0 Å². The van der Waals surface area contributed by atoms with E-state index in [-0.39, 0.29) is 0 Å². The van der Waals surface area contributed by atoms with Gasteiger partial charge in [0.1, 0.15) is 0 Å². The maximum atomic E-state index is 5.82. The maximum Gasteiger partial charge on any atom is 0.189 e. The molecule has 3 nitrogen and oxygen atoms in total. The van der Waals surface area contributed by atoms with Crippen LogP contribution in [0.3, 0.4) is 0 Å². The van der Waals surface area contributed by atoms with E-state index >= 15 is 0 Å². The van der Waals surface area contributed by atoms with Gasteiger partial charge in [0.05, 0.1) is 5.69 Å². The largest absolute Gasteiger partial charge is 0.331 e. The second kappa shape index (κ2) is 7.12. The summed E-state index contributed by atoms with van der Waals surface area (Å²) >= 11 is 11.1. The molecule has 20 heavy (non-hydrogen) atoms. The highest BCUT2D eigenvalue weighted by atomic mass is 35.5. The van der Waals surface area contributed by atoms with Gasteiger partial charge in [-0.05, 0) is 60.6 Å². The van der Waals surface area contributed by atoms with E-state index in [1.807, 2.05) is 36.4 Å². The number of nitrogens with one attached hydrogen (secondary N) is 3. The molecule has 3 N–H and O–H groups in total. The SMILES string of the molecule is CCc1cccc(NC(=S)NNc2ccc(Cl)cc2)c1. The molecule has 2 rings (SSSR count). The Labute approximate surface area is 129 Å². The summed E-state index contributed by atoms with van der Waals surface area (Å²) in [6.07, 6.45) is 0.999. The van der Waals surface area contributed by atoms with Crippen LogP contribution >= 0.6 is 23.8 Å². The number of rotatable bonds is 4. The average molecular weight is 306 g/mol. The van der Waals surface area contributed by atoms with Gasteiger partial charge in [0.2, 0.25) is 0 Å². The molecule has 104 valence electrons. The second-order valence-electron chi connectivity index (χ2n) is 4.26. The summed E-state index contributed by atoms with van der Waals surface area (Å²) in [5.74, 6) is 0. The minimum absolute atomic E-state index is 0.508.